The van der Waals surface area contributed by atoms with Crippen molar-refractivity contribution in [2.45, 2.75) is 45.3 Å². The van der Waals surface area contributed by atoms with E-state index in [1.807, 2.05) is 0 Å². The van der Waals surface area contributed by atoms with E-state index in [9.17, 15) is 24.1 Å². The third-order valence-electron chi connectivity index (χ3n) is 4.00. The van der Waals surface area contributed by atoms with Crippen LogP contribution in [0.15, 0.2) is 18.2 Å². The van der Waals surface area contributed by atoms with Crippen molar-refractivity contribution in [2.75, 3.05) is 19.7 Å². The molecule has 0 spiro atoms. The lowest BCUT2D eigenvalue weighted by Crippen LogP contribution is -2.48. The Morgan fingerprint density at radius 2 is 1.96 bits per heavy atom. The number of carbonyl (C=O) groups excluding carboxylic acids is 2. The summed E-state index contributed by atoms with van der Waals surface area (Å²) in [5.74, 6) is -1.81. The highest BCUT2D eigenvalue weighted by molar-refractivity contribution is 5.78. The number of nitro groups is 1. The third kappa shape index (κ3) is 6.07. The quantitative estimate of drug-likeness (QED) is 0.604. The van der Waals surface area contributed by atoms with E-state index in [1.54, 1.807) is 25.7 Å². The van der Waals surface area contributed by atoms with E-state index in [0.717, 1.165) is 6.07 Å². The van der Waals surface area contributed by atoms with Gasteiger partial charge in [-0.1, -0.05) is 6.07 Å². The number of rotatable bonds is 5. The summed E-state index contributed by atoms with van der Waals surface area (Å²) >= 11 is 0. The number of hydrogen-bond donors (Lipinski definition) is 1. The molecule has 0 bridgehead atoms. The second-order valence-corrected chi connectivity index (χ2v) is 7.44. The van der Waals surface area contributed by atoms with Gasteiger partial charge in [-0.25, -0.2) is 4.79 Å². The van der Waals surface area contributed by atoms with Gasteiger partial charge in [-0.15, -0.1) is 0 Å². The Morgan fingerprint density at radius 3 is 2.54 bits per heavy atom. The standard InChI is InChI=1S/C18H24FN3O6/c1-18(2,3)28-17(24)21-9-7-12(8-10-21)20-15(23)11-27-14-6-4-5-13(19)16(14)22(25)26/h4-6,12H,7-11H2,1-3H3,(H,20,23). The van der Waals surface area contributed by atoms with Crippen molar-refractivity contribution in [1.82, 2.24) is 10.2 Å². The third-order valence-corrected chi connectivity index (χ3v) is 4.00. The van der Waals surface area contributed by atoms with Gasteiger partial charge in [0, 0.05) is 19.1 Å². The van der Waals surface area contributed by atoms with Gasteiger partial charge in [-0.05, 0) is 45.7 Å². The molecule has 10 heteroatoms. The number of nitrogens with one attached hydrogen (secondary N) is 1. The lowest BCUT2D eigenvalue weighted by molar-refractivity contribution is -0.388. The van der Waals surface area contributed by atoms with Crippen molar-refractivity contribution in [1.29, 1.82) is 0 Å². The zero-order chi connectivity index (χ0) is 20.9. The first kappa shape index (κ1) is 21.4. The van der Waals surface area contributed by atoms with Gasteiger partial charge < -0.3 is 19.7 Å². The van der Waals surface area contributed by atoms with Gasteiger partial charge in [-0.3, -0.25) is 14.9 Å². The molecule has 1 aliphatic heterocycles. The van der Waals surface area contributed by atoms with Crippen LogP contribution in [-0.4, -0.2) is 53.2 Å². The SMILES string of the molecule is CC(C)(C)OC(=O)N1CCC(NC(=O)COc2cccc(F)c2[N+](=O)[O-])CC1. The van der Waals surface area contributed by atoms with Gasteiger partial charge in [-0.2, -0.15) is 4.39 Å². The van der Waals surface area contributed by atoms with Crippen molar-refractivity contribution in [2.24, 2.45) is 0 Å². The fourth-order valence-corrected chi connectivity index (χ4v) is 2.73. The summed E-state index contributed by atoms with van der Waals surface area (Å²) in [5.41, 5.74) is -1.38. The number of ether oxygens (including phenoxy) is 2. The van der Waals surface area contributed by atoms with E-state index in [-0.39, 0.29) is 17.9 Å². The van der Waals surface area contributed by atoms with Crippen LogP contribution < -0.4 is 10.1 Å². The second-order valence-electron chi connectivity index (χ2n) is 7.44. The lowest BCUT2D eigenvalue weighted by atomic mass is 10.1. The Hall–Kier alpha value is -2.91. The molecule has 154 valence electrons. The van der Waals surface area contributed by atoms with Crippen LogP contribution in [0.1, 0.15) is 33.6 Å². The predicted molar refractivity (Wildman–Crippen MR) is 97.5 cm³/mol. The molecule has 9 nitrogen and oxygen atoms in total. The van der Waals surface area contributed by atoms with E-state index in [1.165, 1.54) is 12.1 Å². The molecule has 2 rings (SSSR count). The molecule has 28 heavy (non-hydrogen) atoms. The van der Waals surface area contributed by atoms with Crippen LogP contribution in [0.25, 0.3) is 0 Å². The molecule has 0 unspecified atom stereocenters. The topological polar surface area (TPSA) is 111 Å². The van der Waals surface area contributed by atoms with Crippen LogP contribution in [0.5, 0.6) is 5.75 Å². The Kier molecular flexibility index (Phi) is 6.76. The maximum Gasteiger partial charge on any atom is 0.410 e. The van der Waals surface area contributed by atoms with Crippen LogP contribution in [0, 0.1) is 15.9 Å². The highest BCUT2D eigenvalue weighted by atomic mass is 19.1. The number of benzene rings is 1. The average Bonchev–Trinajstić information content (AvgIpc) is 2.58. The average molecular weight is 397 g/mol. The van der Waals surface area contributed by atoms with Crippen molar-refractivity contribution in [3.63, 3.8) is 0 Å². The maximum absolute atomic E-state index is 13.5. The molecule has 1 N–H and O–H groups in total. The van der Waals surface area contributed by atoms with E-state index in [2.05, 4.69) is 5.32 Å². The molecular formula is C18H24FN3O6. The van der Waals surface area contributed by atoms with Crippen LogP contribution in [0.2, 0.25) is 0 Å². The Bertz CT molecular complexity index is 741. The summed E-state index contributed by atoms with van der Waals surface area (Å²) < 4.78 is 24.0. The number of carbonyl (C=O) groups is 2. The molecule has 1 aromatic rings. The van der Waals surface area contributed by atoms with Gasteiger partial charge in [0.25, 0.3) is 5.91 Å². The molecule has 0 saturated carbocycles. The number of piperidine rings is 1. The summed E-state index contributed by atoms with van der Waals surface area (Å²) in [5, 5.41) is 13.7. The minimum absolute atomic E-state index is 0.155. The largest absolute Gasteiger partial charge is 0.477 e. The number of hydrogen-bond acceptors (Lipinski definition) is 6. The zero-order valence-electron chi connectivity index (χ0n) is 16.1. The Labute approximate surface area is 161 Å². The first-order valence-corrected chi connectivity index (χ1v) is 8.90. The molecule has 1 heterocycles. The molecular weight excluding hydrogens is 373 g/mol. The Balaban J connectivity index is 1.80. The minimum atomic E-state index is -1.03. The van der Waals surface area contributed by atoms with Crippen LogP contribution in [-0.2, 0) is 9.53 Å². The van der Waals surface area contributed by atoms with E-state index < -0.39 is 34.5 Å². The lowest BCUT2D eigenvalue weighted by Gasteiger charge is -2.33. The molecule has 0 aromatic heterocycles. The van der Waals surface area contributed by atoms with Crippen molar-refractivity contribution in [3.8, 4) is 5.75 Å². The monoisotopic (exact) mass is 397 g/mol. The molecule has 2 amide bonds. The first-order valence-electron chi connectivity index (χ1n) is 8.90. The Morgan fingerprint density at radius 1 is 1.32 bits per heavy atom. The van der Waals surface area contributed by atoms with Gasteiger partial charge in [0.2, 0.25) is 11.6 Å². The molecule has 1 aliphatic rings. The number of likely N-dealkylation sites (tertiary alicyclic amines) is 1. The normalized spacial score (nSPS) is 15.1. The summed E-state index contributed by atoms with van der Waals surface area (Å²) in [4.78, 5) is 35.7. The minimum Gasteiger partial charge on any atom is -0.477 e. The highest BCUT2D eigenvalue weighted by Gasteiger charge is 2.28. The molecule has 0 aliphatic carbocycles. The fourth-order valence-electron chi connectivity index (χ4n) is 2.73. The van der Waals surface area contributed by atoms with Crippen LogP contribution in [0.3, 0.4) is 0 Å². The van der Waals surface area contributed by atoms with Gasteiger partial charge in [0.1, 0.15) is 5.60 Å². The molecule has 0 radical (unpaired) electrons. The second kappa shape index (κ2) is 8.85. The highest BCUT2D eigenvalue weighted by Crippen LogP contribution is 2.29. The fraction of sp³-hybridized carbons (Fsp3) is 0.556. The molecule has 1 aromatic carbocycles. The van der Waals surface area contributed by atoms with Gasteiger partial charge in [0.15, 0.2) is 6.61 Å². The van der Waals surface area contributed by atoms with E-state index >= 15 is 0 Å². The van der Waals surface area contributed by atoms with Gasteiger partial charge >= 0.3 is 11.8 Å². The number of halogens is 1. The van der Waals surface area contributed by atoms with E-state index in [4.69, 9.17) is 9.47 Å². The number of nitro benzene ring substituents is 1. The molecule has 1 saturated heterocycles. The summed E-state index contributed by atoms with van der Waals surface area (Å²) in [7, 11) is 0. The first-order chi connectivity index (χ1) is 13.1. The van der Waals surface area contributed by atoms with Crippen LogP contribution >= 0.6 is 0 Å². The van der Waals surface area contributed by atoms with Crippen molar-refractivity contribution in [3.05, 3.63) is 34.1 Å². The summed E-state index contributed by atoms with van der Waals surface area (Å²) in [6, 6.07) is 3.29. The van der Waals surface area contributed by atoms with Crippen molar-refractivity contribution < 1.29 is 28.4 Å². The maximum atomic E-state index is 13.5. The number of nitrogens with zero attached hydrogens (tertiary/aromatic N) is 2. The van der Waals surface area contributed by atoms with Crippen molar-refractivity contribution >= 4 is 17.7 Å². The molecule has 1 fully saturated rings. The zero-order valence-corrected chi connectivity index (χ0v) is 16.1. The summed E-state index contributed by atoms with van der Waals surface area (Å²) in [6.45, 7) is 5.78. The van der Waals surface area contributed by atoms with Crippen LogP contribution in [0.4, 0.5) is 14.9 Å². The number of para-hydroxylation sites is 1. The number of amides is 2. The van der Waals surface area contributed by atoms with E-state index in [0.29, 0.717) is 25.9 Å². The van der Waals surface area contributed by atoms with Gasteiger partial charge in [0.05, 0.1) is 4.92 Å². The predicted octanol–water partition coefficient (Wildman–Crippen LogP) is 2.63. The summed E-state index contributed by atoms with van der Waals surface area (Å²) in [6.07, 6.45) is 0.704. The molecule has 0 atom stereocenters. The smallest absolute Gasteiger partial charge is 0.410 e.